The third-order valence-corrected chi connectivity index (χ3v) is 3.32. The molecular weight excluding hydrogens is 307 g/mol. The molecule has 0 aliphatic rings. The highest BCUT2D eigenvalue weighted by molar-refractivity contribution is 7.12. The van der Waals surface area contributed by atoms with Crippen LogP contribution in [0.1, 0.15) is 20.8 Å². The Hall–Kier alpha value is -2.53. The van der Waals surface area contributed by atoms with E-state index in [4.69, 9.17) is 15.1 Å². The maximum absolute atomic E-state index is 12.9. The van der Waals surface area contributed by atoms with Crippen LogP contribution in [0.5, 0.6) is 11.5 Å². The first-order chi connectivity index (χ1) is 9.81. The van der Waals surface area contributed by atoms with Gasteiger partial charge in [-0.3, -0.25) is 0 Å². The fraction of sp³-hybridized carbons (Fsp3) is 0.0769. The molecule has 0 radical (unpaired) electrons. The Bertz CT molecular complexity index is 731. The summed E-state index contributed by atoms with van der Waals surface area (Å²) in [5.41, 5.74) is -1.24. The molecule has 1 aromatic heterocycles. The number of carboxylic acid groups (broad SMARTS) is 1. The molecule has 1 heterocycles. The van der Waals surface area contributed by atoms with Crippen molar-refractivity contribution >= 4 is 17.3 Å². The SMILES string of the molecule is N#Cc1ccc(Oc2csc(C(=O)O)c2)c(C(F)(F)F)c1. The van der Waals surface area contributed by atoms with Gasteiger partial charge in [0.1, 0.15) is 16.4 Å². The molecule has 0 fully saturated rings. The van der Waals surface area contributed by atoms with E-state index in [0.717, 1.165) is 23.5 Å². The predicted octanol–water partition coefficient (Wildman–Crippen LogP) is 4.13. The second-order valence-corrected chi connectivity index (χ2v) is 4.79. The van der Waals surface area contributed by atoms with Gasteiger partial charge in [0.25, 0.3) is 0 Å². The van der Waals surface area contributed by atoms with Gasteiger partial charge in [-0.2, -0.15) is 18.4 Å². The van der Waals surface area contributed by atoms with Crippen LogP contribution in [0.3, 0.4) is 0 Å². The summed E-state index contributed by atoms with van der Waals surface area (Å²) in [5.74, 6) is -1.69. The van der Waals surface area contributed by atoms with Crippen molar-refractivity contribution < 1.29 is 27.8 Å². The van der Waals surface area contributed by atoms with E-state index in [1.807, 2.05) is 0 Å². The topological polar surface area (TPSA) is 70.3 Å². The number of halogens is 3. The maximum atomic E-state index is 12.9. The van der Waals surface area contributed by atoms with Crippen molar-refractivity contribution in [2.24, 2.45) is 0 Å². The molecule has 108 valence electrons. The number of nitrogens with zero attached hydrogens (tertiary/aromatic N) is 1. The van der Waals surface area contributed by atoms with Gasteiger partial charge in [-0.25, -0.2) is 4.79 Å². The van der Waals surface area contributed by atoms with Crippen LogP contribution in [0.4, 0.5) is 13.2 Å². The number of ether oxygens (including phenoxy) is 1. The molecule has 0 aliphatic carbocycles. The van der Waals surface area contributed by atoms with E-state index in [9.17, 15) is 18.0 Å². The standard InChI is InChI=1S/C13H6F3NO3S/c14-13(15,16)9-3-7(5-17)1-2-10(9)20-8-4-11(12(18)19)21-6-8/h1-4,6H,(H,18,19). The number of carboxylic acids is 1. The summed E-state index contributed by atoms with van der Waals surface area (Å²) in [6.45, 7) is 0. The summed E-state index contributed by atoms with van der Waals surface area (Å²) in [5, 5.41) is 18.7. The number of hydrogen-bond donors (Lipinski definition) is 1. The second-order valence-electron chi connectivity index (χ2n) is 3.87. The summed E-state index contributed by atoms with van der Waals surface area (Å²) in [4.78, 5) is 10.7. The Balaban J connectivity index is 2.39. The average Bonchev–Trinajstić information content (AvgIpc) is 2.86. The lowest BCUT2D eigenvalue weighted by Gasteiger charge is -2.13. The Morgan fingerprint density at radius 2 is 2.05 bits per heavy atom. The Kier molecular flexibility index (Phi) is 3.86. The summed E-state index contributed by atoms with van der Waals surface area (Å²) in [7, 11) is 0. The molecule has 21 heavy (non-hydrogen) atoms. The zero-order valence-corrected chi connectivity index (χ0v) is 11.0. The monoisotopic (exact) mass is 313 g/mol. The van der Waals surface area contributed by atoms with Crippen molar-refractivity contribution in [3.8, 4) is 17.6 Å². The molecule has 1 aromatic carbocycles. The number of alkyl halides is 3. The molecule has 0 aliphatic heterocycles. The van der Waals surface area contributed by atoms with Crippen molar-refractivity contribution in [1.29, 1.82) is 5.26 Å². The summed E-state index contributed by atoms with van der Waals surface area (Å²) < 4.78 is 43.8. The highest BCUT2D eigenvalue weighted by Gasteiger charge is 2.35. The van der Waals surface area contributed by atoms with Gasteiger partial charge in [0.05, 0.1) is 17.2 Å². The van der Waals surface area contributed by atoms with Crippen molar-refractivity contribution in [3.05, 3.63) is 45.6 Å². The molecule has 8 heteroatoms. The summed E-state index contributed by atoms with van der Waals surface area (Å²) >= 11 is 0.840. The second kappa shape index (κ2) is 5.46. The van der Waals surface area contributed by atoms with Crippen LogP contribution >= 0.6 is 11.3 Å². The quantitative estimate of drug-likeness (QED) is 0.925. The number of aromatic carboxylic acids is 1. The van der Waals surface area contributed by atoms with Crippen LogP contribution in [0.25, 0.3) is 0 Å². The lowest BCUT2D eigenvalue weighted by atomic mass is 10.1. The average molecular weight is 313 g/mol. The molecule has 0 unspecified atom stereocenters. The number of thiophene rings is 1. The van der Waals surface area contributed by atoms with Crippen molar-refractivity contribution in [2.45, 2.75) is 6.18 Å². The third-order valence-electron chi connectivity index (χ3n) is 2.43. The molecule has 2 aromatic rings. The first-order valence-electron chi connectivity index (χ1n) is 5.42. The molecule has 1 N–H and O–H groups in total. The molecule has 0 bridgehead atoms. The first kappa shape index (κ1) is 14.9. The molecule has 0 atom stereocenters. The third kappa shape index (κ3) is 3.32. The highest BCUT2D eigenvalue weighted by atomic mass is 32.1. The molecule has 0 amide bonds. The van der Waals surface area contributed by atoms with Crippen LogP contribution < -0.4 is 4.74 Å². The van der Waals surface area contributed by atoms with Crippen LogP contribution in [-0.2, 0) is 6.18 Å². The van der Waals surface area contributed by atoms with E-state index in [0.29, 0.717) is 6.07 Å². The largest absolute Gasteiger partial charge is 0.477 e. The van der Waals surface area contributed by atoms with Crippen molar-refractivity contribution in [3.63, 3.8) is 0 Å². The van der Waals surface area contributed by atoms with E-state index in [2.05, 4.69) is 0 Å². The number of benzene rings is 1. The zero-order chi connectivity index (χ0) is 15.6. The molecule has 4 nitrogen and oxygen atoms in total. The minimum absolute atomic E-state index is 0.00684. The number of hydrogen-bond acceptors (Lipinski definition) is 4. The number of carbonyl (C=O) groups is 1. The fourth-order valence-electron chi connectivity index (χ4n) is 1.52. The van der Waals surface area contributed by atoms with Gasteiger partial charge in [0, 0.05) is 11.4 Å². The lowest BCUT2D eigenvalue weighted by Crippen LogP contribution is -2.07. The number of nitriles is 1. The number of rotatable bonds is 3. The van der Waals surface area contributed by atoms with Gasteiger partial charge in [-0.1, -0.05) is 0 Å². The van der Waals surface area contributed by atoms with E-state index in [-0.39, 0.29) is 16.2 Å². The summed E-state index contributed by atoms with van der Waals surface area (Å²) in [6, 6.07) is 5.65. The summed E-state index contributed by atoms with van der Waals surface area (Å²) in [6.07, 6.45) is -4.69. The van der Waals surface area contributed by atoms with E-state index >= 15 is 0 Å². The van der Waals surface area contributed by atoms with Gasteiger partial charge in [-0.15, -0.1) is 11.3 Å². The fourth-order valence-corrected chi connectivity index (χ4v) is 2.17. The van der Waals surface area contributed by atoms with Crippen LogP contribution in [-0.4, -0.2) is 11.1 Å². The van der Waals surface area contributed by atoms with Gasteiger partial charge in [0.15, 0.2) is 0 Å². The van der Waals surface area contributed by atoms with Gasteiger partial charge in [0.2, 0.25) is 0 Å². The van der Waals surface area contributed by atoms with E-state index in [1.165, 1.54) is 11.4 Å². The van der Waals surface area contributed by atoms with E-state index < -0.39 is 23.5 Å². The molecule has 0 spiro atoms. The molecule has 0 saturated heterocycles. The normalized spacial score (nSPS) is 11.0. The molecule has 0 saturated carbocycles. The zero-order valence-electron chi connectivity index (χ0n) is 10.1. The van der Waals surface area contributed by atoms with Crippen molar-refractivity contribution in [2.75, 3.05) is 0 Å². The Labute approximate surface area is 120 Å². The minimum Gasteiger partial charge on any atom is -0.477 e. The minimum atomic E-state index is -4.69. The van der Waals surface area contributed by atoms with Gasteiger partial charge < -0.3 is 9.84 Å². The van der Waals surface area contributed by atoms with Crippen LogP contribution in [0.15, 0.2) is 29.6 Å². The van der Waals surface area contributed by atoms with Gasteiger partial charge >= 0.3 is 12.1 Å². The molecule has 2 rings (SSSR count). The Morgan fingerprint density at radius 3 is 2.57 bits per heavy atom. The van der Waals surface area contributed by atoms with Crippen LogP contribution in [0.2, 0.25) is 0 Å². The van der Waals surface area contributed by atoms with Gasteiger partial charge in [-0.05, 0) is 18.2 Å². The lowest BCUT2D eigenvalue weighted by molar-refractivity contribution is -0.138. The smallest absolute Gasteiger partial charge is 0.420 e. The van der Waals surface area contributed by atoms with E-state index in [1.54, 1.807) is 6.07 Å². The highest BCUT2D eigenvalue weighted by Crippen LogP contribution is 2.39. The first-order valence-corrected chi connectivity index (χ1v) is 6.30. The Morgan fingerprint density at radius 1 is 1.33 bits per heavy atom. The predicted molar refractivity (Wildman–Crippen MR) is 67.5 cm³/mol. The molecular formula is C13H6F3NO3S. The maximum Gasteiger partial charge on any atom is 0.420 e. The van der Waals surface area contributed by atoms with Crippen molar-refractivity contribution in [1.82, 2.24) is 0 Å². The van der Waals surface area contributed by atoms with Crippen LogP contribution in [0, 0.1) is 11.3 Å².